The third kappa shape index (κ3) is 1.99. The minimum absolute atomic E-state index is 0.0149. The van der Waals surface area contributed by atoms with Gasteiger partial charge in [0.05, 0.1) is 18.6 Å². The molecule has 0 aromatic rings. The van der Waals surface area contributed by atoms with E-state index in [0.29, 0.717) is 6.61 Å². The first kappa shape index (κ1) is 13.3. The SMILES string of the molecule is CC1(C(=O)NC(C)(C(=O)O)C2CC2)COCC1N. The van der Waals surface area contributed by atoms with Crippen LogP contribution in [0.2, 0.25) is 0 Å². The van der Waals surface area contributed by atoms with Crippen molar-refractivity contribution in [1.29, 1.82) is 0 Å². The molecule has 4 N–H and O–H groups in total. The maximum absolute atomic E-state index is 12.3. The van der Waals surface area contributed by atoms with Crippen molar-refractivity contribution in [2.75, 3.05) is 13.2 Å². The zero-order valence-corrected chi connectivity index (χ0v) is 10.7. The molecule has 1 aliphatic carbocycles. The van der Waals surface area contributed by atoms with Gasteiger partial charge in [-0.3, -0.25) is 4.79 Å². The number of ether oxygens (including phenoxy) is 1. The summed E-state index contributed by atoms with van der Waals surface area (Å²) in [6.45, 7) is 3.85. The van der Waals surface area contributed by atoms with Crippen molar-refractivity contribution in [2.45, 2.75) is 38.3 Å². The summed E-state index contributed by atoms with van der Waals surface area (Å²) in [5.74, 6) is -1.31. The summed E-state index contributed by atoms with van der Waals surface area (Å²) < 4.78 is 5.21. The summed E-state index contributed by atoms with van der Waals surface area (Å²) in [7, 11) is 0. The van der Waals surface area contributed by atoms with E-state index < -0.39 is 23.0 Å². The Labute approximate surface area is 106 Å². The van der Waals surface area contributed by atoms with E-state index in [-0.39, 0.29) is 18.4 Å². The maximum Gasteiger partial charge on any atom is 0.329 e. The first-order valence-corrected chi connectivity index (χ1v) is 6.20. The summed E-state index contributed by atoms with van der Waals surface area (Å²) >= 11 is 0. The van der Waals surface area contributed by atoms with Crippen molar-refractivity contribution in [3.8, 4) is 0 Å². The Morgan fingerprint density at radius 1 is 1.50 bits per heavy atom. The number of hydrogen-bond acceptors (Lipinski definition) is 4. The van der Waals surface area contributed by atoms with Gasteiger partial charge in [-0.1, -0.05) is 0 Å². The minimum Gasteiger partial charge on any atom is -0.480 e. The number of nitrogens with one attached hydrogen (secondary N) is 1. The highest BCUT2D eigenvalue weighted by Crippen LogP contribution is 2.40. The molecule has 0 spiro atoms. The van der Waals surface area contributed by atoms with Crippen molar-refractivity contribution >= 4 is 11.9 Å². The molecule has 6 nitrogen and oxygen atoms in total. The Morgan fingerprint density at radius 2 is 2.11 bits per heavy atom. The van der Waals surface area contributed by atoms with Crippen LogP contribution in [0.25, 0.3) is 0 Å². The molecule has 3 atom stereocenters. The number of hydrogen-bond donors (Lipinski definition) is 3. The fourth-order valence-corrected chi connectivity index (χ4v) is 2.29. The van der Waals surface area contributed by atoms with E-state index in [1.54, 1.807) is 13.8 Å². The third-order valence-electron chi connectivity index (χ3n) is 4.25. The molecule has 1 saturated carbocycles. The van der Waals surface area contributed by atoms with E-state index in [0.717, 1.165) is 12.8 Å². The second-order valence-corrected chi connectivity index (χ2v) is 5.77. The number of nitrogens with two attached hydrogens (primary N) is 1. The van der Waals surface area contributed by atoms with Crippen LogP contribution in [0.5, 0.6) is 0 Å². The lowest BCUT2D eigenvalue weighted by Crippen LogP contribution is -2.60. The van der Waals surface area contributed by atoms with Crippen LogP contribution in [0, 0.1) is 11.3 Å². The van der Waals surface area contributed by atoms with E-state index in [1.807, 2.05) is 0 Å². The van der Waals surface area contributed by atoms with Crippen molar-refractivity contribution in [1.82, 2.24) is 5.32 Å². The van der Waals surface area contributed by atoms with Gasteiger partial charge in [-0.15, -0.1) is 0 Å². The van der Waals surface area contributed by atoms with Crippen LogP contribution >= 0.6 is 0 Å². The Balaban J connectivity index is 2.12. The highest BCUT2D eigenvalue weighted by atomic mass is 16.5. The lowest BCUT2D eigenvalue weighted by Gasteiger charge is -2.32. The monoisotopic (exact) mass is 256 g/mol. The van der Waals surface area contributed by atoms with Gasteiger partial charge in [0.25, 0.3) is 0 Å². The van der Waals surface area contributed by atoms with Gasteiger partial charge in [0, 0.05) is 6.04 Å². The van der Waals surface area contributed by atoms with Crippen LogP contribution in [-0.4, -0.2) is 41.8 Å². The summed E-state index contributed by atoms with van der Waals surface area (Å²) in [5, 5.41) is 12.0. The van der Waals surface area contributed by atoms with Crippen LogP contribution in [0.15, 0.2) is 0 Å². The molecule has 18 heavy (non-hydrogen) atoms. The van der Waals surface area contributed by atoms with E-state index in [2.05, 4.69) is 5.32 Å². The predicted molar refractivity (Wildman–Crippen MR) is 63.8 cm³/mol. The van der Waals surface area contributed by atoms with Gasteiger partial charge in [0.15, 0.2) is 0 Å². The fourth-order valence-electron chi connectivity index (χ4n) is 2.29. The van der Waals surface area contributed by atoms with Crippen LogP contribution in [0.3, 0.4) is 0 Å². The normalized spacial score (nSPS) is 34.9. The molecule has 2 fully saturated rings. The molecule has 0 radical (unpaired) electrons. The van der Waals surface area contributed by atoms with Crippen molar-refractivity contribution in [3.63, 3.8) is 0 Å². The lowest BCUT2D eigenvalue weighted by molar-refractivity contribution is -0.150. The Morgan fingerprint density at radius 3 is 2.50 bits per heavy atom. The number of carbonyl (C=O) groups is 2. The molecule has 1 saturated heterocycles. The Kier molecular flexibility index (Phi) is 3.11. The second kappa shape index (κ2) is 4.20. The van der Waals surface area contributed by atoms with Crippen molar-refractivity contribution < 1.29 is 19.4 Å². The van der Waals surface area contributed by atoms with Gasteiger partial charge in [0.2, 0.25) is 5.91 Å². The molecular weight excluding hydrogens is 236 g/mol. The highest BCUT2D eigenvalue weighted by Gasteiger charge is 2.52. The van der Waals surface area contributed by atoms with Gasteiger partial charge in [-0.25, -0.2) is 4.79 Å². The standard InChI is InChI=1S/C12H20N2O4/c1-11(6-18-5-8(11)13)9(15)14-12(2,10(16)17)7-3-4-7/h7-8H,3-6,13H2,1-2H3,(H,14,15)(H,16,17). The number of carboxylic acids is 1. The lowest BCUT2D eigenvalue weighted by atomic mass is 9.83. The molecule has 102 valence electrons. The summed E-state index contributed by atoms with van der Waals surface area (Å²) in [6, 6.07) is -0.394. The molecule has 1 aliphatic heterocycles. The molecular formula is C12H20N2O4. The first-order chi connectivity index (χ1) is 8.30. The Hall–Kier alpha value is -1.14. The highest BCUT2D eigenvalue weighted by molar-refractivity contribution is 5.90. The average Bonchev–Trinajstić information content (AvgIpc) is 3.07. The number of carbonyl (C=O) groups excluding carboxylic acids is 1. The summed E-state index contributed by atoms with van der Waals surface area (Å²) in [5.41, 5.74) is 3.83. The van der Waals surface area contributed by atoms with Gasteiger partial charge >= 0.3 is 5.97 Å². The smallest absolute Gasteiger partial charge is 0.329 e. The quantitative estimate of drug-likeness (QED) is 0.642. The molecule has 0 aromatic heterocycles. The molecule has 6 heteroatoms. The van der Waals surface area contributed by atoms with Crippen LogP contribution in [0.4, 0.5) is 0 Å². The van der Waals surface area contributed by atoms with Gasteiger partial charge in [0.1, 0.15) is 5.54 Å². The second-order valence-electron chi connectivity index (χ2n) is 5.77. The van der Waals surface area contributed by atoms with Crippen LogP contribution < -0.4 is 11.1 Å². The fraction of sp³-hybridized carbons (Fsp3) is 0.833. The summed E-state index contributed by atoms with van der Waals surface area (Å²) in [6.07, 6.45) is 1.67. The van der Waals surface area contributed by atoms with Gasteiger partial charge in [-0.2, -0.15) is 0 Å². The number of rotatable bonds is 4. The Bertz CT molecular complexity index is 382. The molecule has 2 aliphatic rings. The van der Waals surface area contributed by atoms with Crippen molar-refractivity contribution in [3.05, 3.63) is 0 Å². The average molecular weight is 256 g/mol. The third-order valence-corrected chi connectivity index (χ3v) is 4.25. The van der Waals surface area contributed by atoms with Gasteiger partial charge < -0.3 is 20.9 Å². The molecule has 0 aromatic carbocycles. The number of aliphatic carboxylic acids is 1. The number of amides is 1. The maximum atomic E-state index is 12.3. The van der Waals surface area contributed by atoms with Crippen LogP contribution in [-0.2, 0) is 14.3 Å². The van der Waals surface area contributed by atoms with E-state index in [9.17, 15) is 14.7 Å². The molecule has 0 bridgehead atoms. The molecule has 3 unspecified atom stereocenters. The zero-order chi connectivity index (χ0) is 13.6. The van der Waals surface area contributed by atoms with E-state index in [4.69, 9.17) is 10.5 Å². The predicted octanol–water partition coefficient (Wildman–Crippen LogP) is -0.280. The molecule has 1 amide bonds. The van der Waals surface area contributed by atoms with Crippen molar-refractivity contribution in [2.24, 2.45) is 17.1 Å². The molecule has 2 rings (SSSR count). The largest absolute Gasteiger partial charge is 0.480 e. The van der Waals surface area contributed by atoms with Crippen LogP contribution in [0.1, 0.15) is 26.7 Å². The molecule has 1 heterocycles. The van der Waals surface area contributed by atoms with E-state index >= 15 is 0 Å². The topological polar surface area (TPSA) is 102 Å². The van der Waals surface area contributed by atoms with E-state index in [1.165, 1.54) is 0 Å². The van der Waals surface area contributed by atoms with Gasteiger partial charge in [-0.05, 0) is 32.6 Å². The first-order valence-electron chi connectivity index (χ1n) is 6.20. The zero-order valence-electron chi connectivity index (χ0n) is 10.7. The number of carboxylic acid groups (broad SMARTS) is 1. The minimum atomic E-state index is -1.19. The summed E-state index contributed by atoms with van der Waals surface area (Å²) in [4.78, 5) is 23.7.